The highest BCUT2D eigenvalue weighted by molar-refractivity contribution is 6.05. The van der Waals surface area contributed by atoms with Crippen molar-refractivity contribution in [2.24, 2.45) is 0 Å². The second-order valence-corrected chi connectivity index (χ2v) is 6.69. The molecule has 0 bridgehead atoms. The van der Waals surface area contributed by atoms with E-state index in [0.717, 1.165) is 54.0 Å². The van der Waals surface area contributed by atoms with E-state index in [-0.39, 0.29) is 16.9 Å². The lowest BCUT2D eigenvalue weighted by Crippen LogP contribution is -2.27. The fourth-order valence-corrected chi connectivity index (χ4v) is 3.25. The summed E-state index contributed by atoms with van der Waals surface area (Å²) in [5.74, 6) is -0.329. The zero-order valence-corrected chi connectivity index (χ0v) is 15.9. The Morgan fingerprint density at radius 3 is 2.32 bits per heavy atom. The third-order valence-corrected chi connectivity index (χ3v) is 4.71. The van der Waals surface area contributed by atoms with E-state index in [1.165, 1.54) is 0 Å². The van der Waals surface area contributed by atoms with Gasteiger partial charge in [-0.1, -0.05) is 38.0 Å². The van der Waals surface area contributed by atoms with Gasteiger partial charge in [-0.15, -0.1) is 0 Å². The molecule has 0 aliphatic rings. The van der Waals surface area contributed by atoms with E-state index in [9.17, 15) is 9.59 Å². The molecule has 2 aromatic rings. The Bertz CT molecular complexity index is 814. The summed E-state index contributed by atoms with van der Waals surface area (Å²) in [6.07, 6.45) is 3.31. The van der Waals surface area contributed by atoms with E-state index in [0.29, 0.717) is 0 Å². The number of para-hydroxylation sites is 1. The van der Waals surface area contributed by atoms with Crippen molar-refractivity contribution in [2.75, 3.05) is 5.32 Å². The molecule has 1 amide bonds. The number of hydrogen-bond donors (Lipinski definition) is 1. The smallest absolute Gasteiger partial charge is 0.261 e. The fraction of sp³-hybridized carbons (Fsp3) is 0.429. The number of unbranched alkanes of at least 4 members (excludes halogenated alkanes) is 2. The molecule has 134 valence electrons. The second kappa shape index (κ2) is 8.15. The lowest BCUT2D eigenvalue weighted by atomic mass is 10.1. The molecule has 0 spiro atoms. The topological polar surface area (TPSA) is 51.1 Å². The Balaban J connectivity index is 2.39. The zero-order chi connectivity index (χ0) is 18.6. The average molecular weight is 340 g/mol. The molecule has 0 fully saturated rings. The first kappa shape index (κ1) is 19.0. The van der Waals surface area contributed by atoms with Gasteiger partial charge in [-0.05, 0) is 45.2 Å². The van der Waals surface area contributed by atoms with Crippen LogP contribution in [0.5, 0.6) is 0 Å². The molecule has 0 saturated heterocycles. The number of amides is 1. The van der Waals surface area contributed by atoms with Crippen molar-refractivity contribution >= 4 is 11.6 Å². The number of anilines is 1. The van der Waals surface area contributed by atoms with Gasteiger partial charge >= 0.3 is 0 Å². The number of pyridine rings is 1. The Kier molecular flexibility index (Phi) is 6.18. The van der Waals surface area contributed by atoms with Gasteiger partial charge in [0.1, 0.15) is 5.56 Å². The highest BCUT2D eigenvalue weighted by Crippen LogP contribution is 2.20. The molecule has 25 heavy (non-hydrogen) atoms. The largest absolute Gasteiger partial charge is 0.348 e. The predicted molar refractivity (Wildman–Crippen MR) is 104 cm³/mol. The first-order chi connectivity index (χ1) is 11.9. The minimum absolute atomic E-state index is 0.217. The molecule has 0 atom stereocenters. The molecule has 1 heterocycles. The molecule has 0 unspecified atom stereocenters. The maximum Gasteiger partial charge on any atom is 0.261 e. The van der Waals surface area contributed by atoms with Crippen molar-refractivity contribution in [1.29, 1.82) is 0 Å². The van der Waals surface area contributed by atoms with Crippen molar-refractivity contribution in [1.82, 2.24) is 4.57 Å². The molecule has 0 aliphatic carbocycles. The molecule has 1 N–H and O–H groups in total. The zero-order valence-electron chi connectivity index (χ0n) is 15.9. The first-order valence-corrected chi connectivity index (χ1v) is 8.95. The minimum atomic E-state index is -0.329. The quantitative estimate of drug-likeness (QED) is 0.786. The monoisotopic (exact) mass is 340 g/mol. The first-order valence-electron chi connectivity index (χ1n) is 8.95. The Hall–Kier alpha value is -2.36. The summed E-state index contributed by atoms with van der Waals surface area (Å²) in [5, 5.41) is 2.94. The summed E-state index contributed by atoms with van der Waals surface area (Å²) in [5.41, 5.74) is 4.43. The van der Waals surface area contributed by atoms with Crippen LogP contribution in [0.15, 0.2) is 29.1 Å². The molecule has 1 aromatic heterocycles. The van der Waals surface area contributed by atoms with Crippen molar-refractivity contribution in [3.63, 3.8) is 0 Å². The summed E-state index contributed by atoms with van der Waals surface area (Å²) in [6, 6.07) is 7.43. The van der Waals surface area contributed by atoms with Crippen LogP contribution in [0.4, 0.5) is 5.69 Å². The summed E-state index contributed by atoms with van der Waals surface area (Å²) in [6.45, 7) is 10.7. The van der Waals surface area contributed by atoms with Gasteiger partial charge in [-0.3, -0.25) is 9.59 Å². The number of nitrogens with one attached hydrogen (secondary N) is 1. The number of rotatable bonds is 6. The number of benzene rings is 1. The van der Waals surface area contributed by atoms with Gasteiger partial charge < -0.3 is 9.88 Å². The lowest BCUT2D eigenvalue weighted by Gasteiger charge is -2.18. The number of carbonyl (C=O) groups excluding carboxylic acids is 1. The molecule has 0 radical (unpaired) electrons. The third kappa shape index (κ3) is 4.19. The van der Waals surface area contributed by atoms with Crippen LogP contribution >= 0.6 is 0 Å². The maximum absolute atomic E-state index is 12.8. The van der Waals surface area contributed by atoms with Crippen LogP contribution in [0.2, 0.25) is 0 Å². The van der Waals surface area contributed by atoms with Gasteiger partial charge in [-0.25, -0.2) is 0 Å². The molecular weight excluding hydrogens is 312 g/mol. The lowest BCUT2D eigenvalue weighted by molar-refractivity contribution is 0.102. The van der Waals surface area contributed by atoms with Crippen LogP contribution in [0.3, 0.4) is 0 Å². The number of aryl methyl sites for hydroxylation is 3. The van der Waals surface area contributed by atoms with E-state index < -0.39 is 0 Å². The van der Waals surface area contributed by atoms with Crippen LogP contribution in [0, 0.1) is 27.7 Å². The summed E-state index contributed by atoms with van der Waals surface area (Å²) in [4.78, 5) is 25.3. The third-order valence-electron chi connectivity index (χ3n) is 4.71. The average Bonchev–Trinajstić information content (AvgIpc) is 2.54. The maximum atomic E-state index is 12.8. The number of hydrogen-bond acceptors (Lipinski definition) is 2. The van der Waals surface area contributed by atoms with Crippen LogP contribution in [0.25, 0.3) is 0 Å². The van der Waals surface area contributed by atoms with Gasteiger partial charge in [0.15, 0.2) is 5.43 Å². The molecular formula is C21H28N2O2. The molecule has 0 aliphatic heterocycles. The van der Waals surface area contributed by atoms with Crippen molar-refractivity contribution in [3.8, 4) is 0 Å². The molecule has 1 aromatic carbocycles. The van der Waals surface area contributed by atoms with Gasteiger partial charge in [0, 0.05) is 29.7 Å². The van der Waals surface area contributed by atoms with E-state index in [1.807, 2.05) is 45.9 Å². The molecule has 4 nitrogen and oxygen atoms in total. The van der Waals surface area contributed by atoms with Crippen molar-refractivity contribution in [2.45, 2.75) is 60.4 Å². The summed E-state index contributed by atoms with van der Waals surface area (Å²) in [7, 11) is 0. The van der Waals surface area contributed by atoms with Crippen LogP contribution in [0.1, 0.15) is 59.1 Å². The van der Waals surface area contributed by atoms with E-state index in [1.54, 1.807) is 6.07 Å². The van der Waals surface area contributed by atoms with Gasteiger partial charge in [0.05, 0.1) is 0 Å². The van der Waals surface area contributed by atoms with Crippen LogP contribution < -0.4 is 10.7 Å². The second-order valence-electron chi connectivity index (χ2n) is 6.69. The van der Waals surface area contributed by atoms with E-state index in [4.69, 9.17) is 0 Å². The molecule has 0 saturated carbocycles. The Morgan fingerprint density at radius 1 is 1.08 bits per heavy atom. The van der Waals surface area contributed by atoms with Crippen LogP contribution in [-0.2, 0) is 6.54 Å². The Labute approximate surface area is 149 Å². The van der Waals surface area contributed by atoms with Crippen molar-refractivity contribution in [3.05, 3.63) is 62.6 Å². The number of carbonyl (C=O) groups is 1. The predicted octanol–water partition coefficient (Wildman–Crippen LogP) is 4.52. The van der Waals surface area contributed by atoms with Crippen molar-refractivity contribution < 1.29 is 4.79 Å². The summed E-state index contributed by atoms with van der Waals surface area (Å²) < 4.78 is 2.08. The normalized spacial score (nSPS) is 10.8. The van der Waals surface area contributed by atoms with Gasteiger partial charge in [-0.2, -0.15) is 0 Å². The highest BCUT2D eigenvalue weighted by Gasteiger charge is 2.18. The SMILES string of the molecule is CCCCCn1c(C)cc(=O)c(C(=O)Nc2c(C)cccc2C)c1C. The fourth-order valence-electron chi connectivity index (χ4n) is 3.25. The van der Waals surface area contributed by atoms with E-state index in [2.05, 4.69) is 16.8 Å². The molecule has 2 rings (SSSR count). The van der Waals surface area contributed by atoms with E-state index >= 15 is 0 Å². The highest BCUT2D eigenvalue weighted by atomic mass is 16.2. The van der Waals surface area contributed by atoms with Crippen LogP contribution in [-0.4, -0.2) is 10.5 Å². The van der Waals surface area contributed by atoms with Gasteiger partial charge in [0.2, 0.25) is 0 Å². The standard InChI is InChI=1S/C21H28N2O2/c1-6-7-8-12-23-16(4)13-18(24)19(17(23)5)21(25)22-20-14(2)10-9-11-15(20)3/h9-11,13H,6-8,12H2,1-5H3,(H,22,25). The number of aromatic nitrogens is 1. The minimum Gasteiger partial charge on any atom is -0.348 e. The summed E-state index contributed by atoms with van der Waals surface area (Å²) >= 11 is 0. The number of nitrogens with zero attached hydrogens (tertiary/aromatic N) is 1. The molecule has 4 heteroatoms. The van der Waals surface area contributed by atoms with Gasteiger partial charge in [0.25, 0.3) is 5.91 Å². The Morgan fingerprint density at radius 2 is 1.72 bits per heavy atom.